The van der Waals surface area contributed by atoms with Gasteiger partial charge in [-0.2, -0.15) is 0 Å². The first-order valence-corrected chi connectivity index (χ1v) is 10.6. The number of ether oxygens (including phenoxy) is 2. The Bertz CT molecular complexity index is 1020. The van der Waals surface area contributed by atoms with Crippen LogP contribution in [0.2, 0.25) is 5.02 Å². The third kappa shape index (κ3) is 5.41. The predicted octanol–water partition coefficient (Wildman–Crippen LogP) is 3.71. The average molecular weight is 441 g/mol. The second-order valence-corrected chi connectivity index (χ2v) is 9.46. The number of methoxy groups -OCH3 is 2. The Balaban J connectivity index is 2.41. The van der Waals surface area contributed by atoms with Crippen molar-refractivity contribution < 1.29 is 22.7 Å². The van der Waals surface area contributed by atoms with Gasteiger partial charge in [-0.25, -0.2) is 13.1 Å². The van der Waals surface area contributed by atoms with E-state index in [1.54, 1.807) is 46.0 Å². The van der Waals surface area contributed by atoms with Gasteiger partial charge in [0, 0.05) is 29.9 Å². The van der Waals surface area contributed by atoms with Crippen molar-refractivity contribution in [3.05, 3.63) is 47.0 Å². The van der Waals surface area contributed by atoms with Crippen molar-refractivity contribution >= 4 is 33.2 Å². The molecule has 0 fully saturated rings. The molecule has 0 aliphatic heterocycles. The Hall–Kier alpha value is -2.29. The van der Waals surface area contributed by atoms with Crippen molar-refractivity contribution in [3.8, 4) is 11.5 Å². The lowest BCUT2D eigenvalue weighted by Gasteiger charge is -2.22. The van der Waals surface area contributed by atoms with Crippen LogP contribution in [0.5, 0.6) is 11.5 Å². The number of carbonyl (C=O) groups excluding carboxylic acids is 1. The minimum absolute atomic E-state index is 0.0343. The van der Waals surface area contributed by atoms with E-state index in [1.165, 1.54) is 37.3 Å². The quantitative estimate of drug-likeness (QED) is 0.740. The smallest absolute Gasteiger partial charge is 0.258 e. The topological polar surface area (TPSA) is 84.9 Å². The Labute approximate surface area is 176 Å². The van der Waals surface area contributed by atoms with Crippen LogP contribution in [0, 0.1) is 0 Å². The number of nitrogens with one attached hydrogen (secondary N) is 1. The van der Waals surface area contributed by atoms with Crippen molar-refractivity contribution in [1.29, 1.82) is 0 Å². The number of anilines is 1. The predicted molar refractivity (Wildman–Crippen MR) is 114 cm³/mol. The first-order chi connectivity index (χ1) is 13.4. The second-order valence-electron chi connectivity index (χ2n) is 7.40. The average Bonchev–Trinajstić information content (AvgIpc) is 2.64. The summed E-state index contributed by atoms with van der Waals surface area (Å²) in [7, 11) is 0.703. The molecule has 0 aliphatic rings. The van der Waals surface area contributed by atoms with Gasteiger partial charge >= 0.3 is 0 Å². The summed E-state index contributed by atoms with van der Waals surface area (Å²) in [6, 6.07) is 9.20. The van der Waals surface area contributed by atoms with Crippen LogP contribution < -0.4 is 19.1 Å². The van der Waals surface area contributed by atoms with Gasteiger partial charge in [0.25, 0.3) is 5.91 Å². The van der Waals surface area contributed by atoms with Gasteiger partial charge in [-0.15, -0.1) is 0 Å². The molecular formula is C20H25ClN2O5S. The van der Waals surface area contributed by atoms with Gasteiger partial charge in [0.15, 0.2) is 11.5 Å². The summed E-state index contributed by atoms with van der Waals surface area (Å²) >= 11 is 6.11. The fraction of sp³-hybridized carbons (Fsp3) is 0.350. The minimum Gasteiger partial charge on any atom is -0.493 e. The van der Waals surface area contributed by atoms with E-state index in [0.717, 1.165) is 0 Å². The molecule has 0 saturated carbocycles. The van der Waals surface area contributed by atoms with E-state index in [4.69, 9.17) is 21.1 Å². The van der Waals surface area contributed by atoms with E-state index in [2.05, 4.69) is 4.72 Å². The molecule has 0 saturated heterocycles. The zero-order valence-corrected chi connectivity index (χ0v) is 18.8. The van der Waals surface area contributed by atoms with E-state index in [9.17, 15) is 13.2 Å². The minimum atomic E-state index is -3.90. The number of benzene rings is 2. The molecular weight excluding hydrogens is 416 g/mol. The number of nitrogens with zero attached hydrogens (tertiary/aromatic N) is 1. The molecule has 0 aliphatic carbocycles. The maximum absolute atomic E-state index is 13.0. The Morgan fingerprint density at radius 3 is 2.21 bits per heavy atom. The van der Waals surface area contributed by atoms with E-state index >= 15 is 0 Å². The van der Waals surface area contributed by atoms with E-state index < -0.39 is 21.5 Å². The van der Waals surface area contributed by atoms with E-state index in [1.807, 2.05) is 0 Å². The summed E-state index contributed by atoms with van der Waals surface area (Å²) < 4.78 is 38.4. The van der Waals surface area contributed by atoms with Crippen LogP contribution in [-0.4, -0.2) is 41.1 Å². The van der Waals surface area contributed by atoms with Gasteiger partial charge in [-0.05, 0) is 51.1 Å². The number of hydrogen-bond donors (Lipinski definition) is 1. The fourth-order valence-electron chi connectivity index (χ4n) is 2.64. The maximum atomic E-state index is 13.0. The molecule has 0 heterocycles. The van der Waals surface area contributed by atoms with Crippen LogP contribution in [-0.2, 0) is 10.0 Å². The number of rotatable bonds is 6. The summed E-state index contributed by atoms with van der Waals surface area (Å²) in [5.74, 6) is 0.602. The van der Waals surface area contributed by atoms with Crippen LogP contribution in [0.4, 0.5) is 5.69 Å². The van der Waals surface area contributed by atoms with Crippen LogP contribution in [0.25, 0.3) is 0 Å². The Morgan fingerprint density at radius 1 is 1.03 bits per heavy atom. The number of carbonyl (C=O) groups is 1. The summed E-state index contributed by atoms with van der Waals surface area (Å²) in [6.45, 7) is 5.16. The molecule has 2 aromatic rings. The molecule has 0 unspecified atom stereocenters. The highest BCUT2D eigenvalue weighted by molar-refractivity contribution is 7.89. The van der Waals surface area contributed by atoms with Crippen molar-refractivity contribution in [2.45, 2.75) is 31.2 Å². The number of hydrogen-bond acceptors (Lipinski definition) is 5. The van der Waals surface area contributed by atoms with Crippen LogP contribution in [0.15, 0.2) is 41.3 Å². The van der Waals surface area contributed by atoms with Gasteiger partial charge in [0.1, 0.15) is 4.90 Å². The van der Waals surface area contributed by atoms with Crippen molar-refractivity contribution in [2.24, 2.45) is 0 Å². The van der Waals surface area contributed by atoms with Gasteiger partial charge in [0.2, 0.25) is 10.0 Å². The normalized spacial score (nSPS) is 11.8. The zero-order valence-electron chi connectivity index (χ0n) is 17.2. The molecule has 1 N–H and O–H groups in total. The molecule has 1 amide bonds. The Morgan fingerprint density at radius 2 is 1.66 bits per heavy atom. The van der Waals surface area contributed by atoms with Gasteiger partial charge < -0.3 is 14.4 Å². The number of sulfonamides is 1. The zero-order chi connectivity index (χ0) is 22.0. The fourth-order valence-corrected chi connectivity index (χ4v) is 4.59. The molecule has 0 spiro atoms. The molecule has 2 rings (SSSR count). The highest BCUT2D eigenvalue weighted by Gasteiger charge is 2.26. The lowest BCUT2D eigenvalue weighted by Crippen LogP contribution is -2.40. The summed E-state index contributed by atoms with van der Waals surface area (Å²) in [5.41, 5.74) is 0.0410. The van der Waals surface area contributed by atoms with Crippen LogP contribution in [0.3, 0.4) is 0 Å². The van der Waals surface area contributed by atoms with Crippen LogP contribution in [0.1, 0.15) is 31.1 Å². The van der Waals surface area contributed by atoms with Gasteiger partial charge in [-0.3, -0.25) is 4.79 Å². The maximum Gasteiger partial charge on any atom is 0.258 e. The lowest BCUT2D eigenvalue weighted by molar-refractivity contribution is 0.0992. The molecule has 0 atom stereocenters. The second kappa shape index (κ2) is 8.61. The highest BCUT2D eigenvalue weighted by Crippen LogP contribution is 2.32. The molecule has 9 heteroatoms. The SMILES string of the molecule is COc1ccc(N(C)C(=O)c2ccc(Cl)c(S(=O)(=O)NC(C)(C)C)c2)cc1OC. The third-order valence-electron chi connectivity index (χ3n) is 3.97. The summed E-state index contributed by atoms with van der Waals surface area (Å²) in [4.78, 5) is 14.2. The van der Waals surface area contributed by atoms with Crippen molar-refractivity contribution in [1.82, 2.24) is 4.72 Å². The van der Waals surface area contributed by atoms with Crippen molar-refractivity contribution in [2.75, 3.05) is 26.2 Å². The monoisotopic (exact) mass is 440 g/mol. The lowest BCUT2D eigenvalue weighted by atomic mass is 10.1. The van der Waals surface area contributed by atoms with E-state index in [0.29, 0.717) is 17.2 Å². The molecule has 29 heavy (non-hydrogen) atoms. The summed E-state index contributed by atoms with van der Waals surface area (Å²) in [5, 5.41) is 0.0343. The standard InChI is InChI=1S/C20H25ClN2O5S/c1-20(2,3)22-29(25,26)18-11-13(7-9-15(18)21)19(24)23(4)14-8-10-16(27-5)17(12-14)28-6/h7-12,22H,1-6H3. The molecule has 2 aromatic carbocycles. The van der Waals surface area contributed by atoms with Crippen molar-refractivity contribution in [3.63, 3.8) is 0 Å². The van der Waals surface area contributed by atoms with Crippen LogP contribution >= 0.6 is 11.6 Å². The third-order valence-corrected chi connectivity index (χ3v) is 6.21. The number of halogens is 1. The highest BCUT2D eigenvalue weighted by atomic mass is 35.5. The molecule has 0 aromatic heterocycles. The molecule has 0 bridgehead atoms. The Kier molecular flexibility index (Phi) is 6.82. The number of amides is 1. The molecule has 0 radical (unpaired) electrons. The first-order valence-electron chi connectivity index (χ1n) is 8.73. The first kappa shape index (κ1) is 23.0. The van der Waals surface area contributed by atoms with Gasteiger partial charge in [-0.1, -0.05) is 11.6 Å². The van der Waals surface area contributed by atoms with E-state index in [-0.39, 0.29) is 15.5 Å². The molecule has 158 valence electrons. The summed E-state index contributed by atoms with van der Waals surface area (Å²) in [6.07, 6.45) is 0. The largest absolute Gasteiger partial charge is 0.493 e. The van der Waals surface area contributed by atoms with Gasteiger partial charge in [0.05, 0.1) is 19.2 Å². The molecule has 7 nitrogen and oxygen atoms in total.